The molecule has 0 radical (unpaired) electrons. The van der Waals surface area contributed by atoms with E-state index in [1.165, 1.54) is 11.2 Å². The quantitative estimate of drug-likeness (QED) is 0.694. The van der Waals surface area contributed by atoms with Gasteiger partial charge in [0.05, 0.1) is 5.69 Å². The van der Waals surface area contributed by atoms with E-state index < -0.39 is 0 Å². The number of nitrogens with zero attached hydrogens (tertiary/aromatic N) is 5. The van der Waals surface area contributed by atoms with Crippen molar-refractivity contribution < 1.29 is 4.79 Å². The molecule has 2 amide bonds. The van der Waals surface area contributed by atoms with Gasteiger partial charge < -0.3 is 15.5 Å². The van der Waals surface area contributed by atoms with E-state index in [9.17, 15) is 4.79 Å². The lowest BCUT2D eigenvalue weighted by molar-refractivity contribution is 0.218. The largest absolute Gasteiger partial charge is 0.368 e. The van der Waals surface area contributed by atoms with E-state index in [2.05, 4.69) is 25.7 Å². The Labute approximate surface area is 139 Å². The van der Waals surface area contributed by atoms with Gasteiger partial charge in [-0.2, -0.15) is 14.6 Å². The smallest absolute Gasteiger partial charge is 0.316 e. The maximum atomic E-state index is 11.5. The van der Waals surface area contributed by atoms with Gasteiger partial charge in [-0.25, -0.2) is 9.78 Å². The van der Waals surface area contributed by atoms with Crippen LogP contribution in [0.1, 0.15) is 0 Å². The number of amides is 2. The highest BCUT2D eigenvalue weighted by molar-refractivity contribution is 5.73. The monoisotopic (exact) mass is 325 g/mol. The molecular weight excluding hydrogens is 306 g/mol. The van der Waals surface area contributed by atoms with Gasteiger partial charge in [0.25, 0.3) is 5.78 Å². The number of fused-ring (bicyclic) bond motifs is 1. The first kappa shape index (κ1) is 15.7. The van der Waals surface area contributed by atoms with Gasteiger partial charge in [-0.15, -0.1) is 0 Å². The minimum absolute atomic E-state index is 0.123. The molecule has 0 atom stereocenters. The Morgan fingerprint density at radius 1 is 1.21 bits per heavy atom. The summed E-state index contributed by atoms with van der Waals surface area (Å²) in [5.74, 6) is 1.30. The number of hydrogen-bond donors (Lipinski definition) is 2. The Balaban J connectivity index is 1.77. The van der Waals surface area contributed by atoms with Crippen LogP contribution < -0.4 is 10.6 Å². The van der Waals surface area contributed by atoms with Crippen LogP contribution in [-0.2, 0) is 0 Å². The lowest BCUT2D eigenvalue weighted by Crippen LogP contribution is -2.37. The first-order valence-corrected chi connectivity index (χ1v) is 7.60. The molecule has 0 aliphatic rings. The van der Waals surface area contributed by atoms with E-state index in [4.69, 9.17) is 0 Å². The summed E-state index contributed by atoms with van der Waals surface area (Å²) in [5.41, 5.74) is 1.82. The third-order valence-electron chi connectivity index (χ3n) is 3.43. The molecule has 0 aliphatic carbocycles. The van der Waals surface area contributed by atoms with Gasteiger partial charge in [0.1, 0.15) is 12.1 Å². The predicted octanol–water partition coefficient (Wildman–Crippen LogP) is 1.47. The van der Waals surface area contributed by atoms with Gasteiger partial charge in [-0.3, -0.25) is 0 Å². The van der Waals surface area contributed by atoms with Crippen molar-refractivity contribution in [3.05, 3.63) is 42.7 Å². The summed E-state index contributed by atoms with van der Waals surface area (Å²) in [5, 5.41) is 10.3. The maximum absolute atomic E-state index is 11.5. The van der Waals surface area contributed by atoms with Crippen molar-refractivity contribution in [3.8, 4) is 11.3 Å². The molecule has 8 nitrogen and oxygen atoms in total. The second-order valence-corrected chi connectivity index (χ2v) is 5.42. The topological polar surface area (TPSA) is 87.5 Å². The van der Waals surface area contributed by atoms with Gasteiger partial charge in [0.15, 0.2) is 0 Å². The Morgan fingerprint density at radius 3 is 2.75 bits per heavy atom. The Bertz CT molecular complexity index is 829. The lowest BCUT2D eigenvalue weighted by atomic mass is 10.1. The fraction of sp³-hybridized carbons (Fsp3) is 0.250. The summed E-state index contributed by atoms with van der Waals surface area (Å²) in [6, 6.07) is 11.7. The standard InChI is InChI=1S/C16H19N7O/c1-22(2)16(24)18-9-8-17-14-10-13(12-6-4-3-5-7-12)21-15-19-11-20-23(14)15/h3-7,10-11,17H,8-9H2,1-2H3,(H,18,24). The Morgan fingerprint density at radius 2 is 2.00 bits per heavy atom. The van der Waals surface area contributed by atoms with Crippen LogP contribution in [0.15, 0.2) is 42.7 Å². The maximum Gasteiger partial charge on any atom is 0.316 e. The zero-order valence-electron chi connectivity index (χ0n) is 13.6. The van der Waals surface area contributed by atoms with Crippen LogP contribution in [-0.4, -0.2) is 57.7 Å². The van der Waals surface area contributed by atoms with Crippen LogP contribution in [0.3, 0.4) is 0 Å². The predicted molar refractivity (Wildman–Crippen MR) is 91.8 cm³/mol. The van der Waals surface area contributed by atoms with Gasteiger partial charge in [-0.1, -0.05) is 30.3 Å². The average Bonchev–Trinajstić information content (AvgIpc) is 3.07. The Hall–Kier alpha value is -3.16. The highest BCUT2D eigenvalue weighted by atomic mass is 16.2. The minimum Gasteiger partial charge on any atom is -0.368 e. The molecule has 0 fully saturated rings. The van der Waals surface area contributed by atoms with E-state index in [-0.39, 0.29) is 6.03 Å². The summed E-state index contributed by atoms with van der Waals surface area (Å²) in [6.07, 6.45) is 1.47. The number of carbonyl (C=O) groups is 1. The second-order valence-electron chi connectivity index (χ2n) is 5.42. The number of urea groups is 1. The molecule has 24 heavy (non-hydrogen) atoms. The number of nitrogens with one attached hydrogen (secondary N) is 2. The normalized spacial score (nSPS) is 10.6. The number of benzene rings is 1. The van der Waals surface area contributed by atoms with Crippen molar-refractivity contribution in [3.63, 3.8) is 0 Å². The summed E-state index contributed by atoms with van der Waals surface area (Å²) in [7, 11) is 3.41. The van der Waals surface area contributed by atoms with Crippen molar-refractivity contribution in [2.75, 3.05) is 32.5 Å². The second kappa shape index (κ2) is 6.95. The van der Waals surface area contributed by atoms with E-state index in [0.29, 0.717) is 18.9 Å². The van der Waals surface area contributed by atoms with Crippen LogP contribution in [0, 0.1) is 0 Å². The Kier molecular flexibility index (Phi) is 4.55. The molecule has 0 bridgehead atoms. The molecule has 2 heterocycles. The molecule has 8 heteroatoms. The van der Waals surface area contributed by atoms with Crippen LogP contribution in [0.5, 0.6) is 0 Å². The summed E-state index contributed by atoms with van der Waals surface area (Å²) in [6.45, 7) is 1.06. The van der Waals surface area contributed by atoms with E-state index in [1.54, 1.807) is 18.6 Å². The van der Waals surface area contributed by atoms with E-state index >= 15 is 0 Å². The molecular formula is C16H19N7O. The molecule has 0 saturated heterocycles. The van der Waals surface area contributed by atoms with E-state index in [0.717, 1.165) is 17.1 Å². The van der Waals surface area contributed by atoms with Crippen LogP contribution in [0.4, 0.5) is 10.6 Å². The molecule has 0 aliphatic heterocycles. The number of aromatic nitrogens is 4. The third kappa shape index (κ3) is 3.43. The molecule has 0 unspecified atom stereocenters. The first-order valence-electron chi connectivity index (χ1n) is 7.60. The molecule has 2 aromatic heterocycles. The molecule has 2 N–H and O–H groups in total. The highest BCUT2D eigenvalue weighted by Crippen LogP contribution is 2.20. The third-order valence-corrected chi connectivity index (χ3v) is 3.43. The number of rotatable bonds is 5. The summed E-state index contributed by atoms with van der Waals surface area (Å²) in [4.78, 5) is 21.7. The minimum atomic E-state index is -0.123. The van der Waals surface area contributed by atoms with Gasteiger partial charge in [-0.05, 0) is 0 Å². The van der Waals surface area contributed by atoms with Gasteiger partial charge in [0, 0.05) is 38.8 Å². The van der Waals surface area contributed by atoms with Gasteiger partial charge in [0.2, 0.25) is 0 Å². The van der Waals surface area contributed by atoms with Crippen molar-refractivity contribution >= 4 is 17.6 Å². The summed E-state index contributed by atoms with van der Waals surface area (Å²) >= 11 is 0. The zero-order valence-corrected chi connectivity index (χ0v) is 13.6. The van der Waals surface area contributed by atoms with Crippen molar-refractivity contribution in [1.29, 1.82) is 0 Å². The molecule has 0 spiro atoms. The molecule has 0 saturated carbocycles. The fourth-order valence-corrected chi connectivity index (χ4v) is 2.21. The van der Waals surface area contributed by atoms with Crippen LogP contribution >= 0.6 is 0 Å². The number of hydrogen-bond acceptors (Lipinski definition) is 5. The van der Waals surface area contributed by atoms with E-state index in [1.807, 2.05) is 36.4 Å². The molecule has 3 rings (SSSR count). The highest BCUT2D eigenvalue weighted by Gasteiger charge is 2.09. The molecule has 124 valence electrons. The van der Waals surface area contributed by atoms with Gasteiger partial charge >= 0.3 is 6.03 Å². The fourth-order valence-electron chi connectivity index (χ4n) is 2.21. The number of carbonyl (C=O) groups excluding carboxylic acids is 1. The van der Waals surface area contributed by atoms with Crippen molar-refractivity contribution in [2.45, 2.75) is 0 Å². The van der Waals surface area contributed by atoms with Crippen LogP contribution in [0.2, 0.25) is 0 Å². The number of anilines is 1. The lowest BCUT2D eigenvalue weighted by Gasteiger charge is -2.13. The average molecular weight is 325 g/mol. The first-order chi connectivity index (χ1) is 11.6. The van der Waals surface area contributed by atoms with Crippen LogP contribution in [0.25, 0.3) is 17.0 Å². The zero-order chi connectivity index (χ0) is 16.9. The van der Waals surface area contributed by atoms with Crippen molar-refractivity contribution in [1.82, 2.24) is 29.8 Å². The molecule has 3 aromatic rings. The van der Waals surface area contributed by atoms with Crippen molar-refractivity contribution in [2.24, 2.45) is 0 Å². The SMILES string of the molecule is CN(C)C(=O)NCCNc1cc(-c2ccccc2)nc2ncnn12. The summed E-state index contributed by atoms with van der Waals surface area (Å²) < 4.78 is 1.64. The molecule has 1 aromatic carbocycles.